The molecule has 0 radical (unpaired) electrons. The molecule has 0 amide bonds. The third kappa shape index (κ3) is 4.36. The van der Waals surface area contributed by atoms with E-state index in [1.54, 1.807) is 6.92 Å². The van der Waals surface area contributed by atoms with Crippen molar-refractivity contribution in [2.75, 3.05) is 34.5 Å². The van der Waals surface area contributed by atoms with Gasteiger partial charge in [0.1, 0.15) is 34.5 Å². The molecule has 0 bridgehead atoms. The van der Waals surface area contributed by atoms with Crippen LogP contribution < -0.4 is 9.47 Å². The summed E-state index contributed by atoms with van der Waals surface area (Å²) in [5, 5.41) is 10.5. The molecule has 148 valence electrons. The lowest BCUT2D eigenvalue weighted by Crippen LogP contribution is -2.31. The molecular formula is C19H23ClO7. The number of phenolic OH excluding ortho intramolecular Hbond substituents is 1. The van der Waals surface area contributed by atoms with Crippen molar-refractivity contribution in [3.63, 3.8) is 0 Å². The molecular weight excluding hydrogens is 376 g/mol. The van der Waals surface area contributed by atoms with Crippen LogP contribution in [-0.4, -0.2) is 51.2 Å². The van der Waals surface area contributed by atoms with Gasteiger partial charge in [-0.05, 0) is 5.92 Å². The van der Waals surface area contributed by atoms with Crippen LogP contribution in [-0.2, 0) is 14.3 Å². The molecule has 8 heteroatoms. The summed E-state index contributed by atoms with van der Waals surface area (Å²) in [5.41, 5.74) is -0.0734. The predicted molar refractivity (Wildman–Crippen MR) is 98.7 cm³/mol. The van der Waals surface area contributed by atoms with Crippen molar-refractivity contribution in [1.29, 1.82) is 0 Å². The van der Waals surface area contributed by atoms with Crippen molar-refractivity contribution in [3.05, 3.63) is 28.5 Å². The molecule has 1 aromatic carbocycles. The minimum absolute atomic E-state index is 0.0734. The van der Waals surface area contributed by atoms with Crippen LogP contribution >= 0.6 is 11.6 Å². The summed E-state index contributed by atoms with van der Waals surface area (Å²) in [6, 6.07) is 1.44. The van der Waals surface area contributed by atoms with Crippen molar-refractivity contribution >= 4 is 23.2 Å². The molecule has 1 aromatic rings. The van der Waals surface area contributed by atoms with E-state index < -0.39 is 17.5 Å². The monoisotopic (exact) mass is 398 g/mol. The zero-order chi connectivity index (χ0) is 20.1. The van der Waals surface area contributed by atoms with Gasteiger partial charge in [0.2, 0.25) is 0 Å². The first-order chi connectivity index (χ1) is 12.8. The molecule has 0 aromatic heterocycles. The Balaban J connectivity index is 2.47. The van der Waals surface area contributed by atoms with Crippen LogP contribution in [0.25, 0.3) is 0 Å². The molecule has 7 nitrogen and oxygen atoms in total. The highest BCUT2D eigenvalue weighted by molar-refractivity contribution is 6.34. The van der Waals surface area contributed by atoms with E-state index in [1.807, 2.05) is 0 Å². The highest BCUT2D eigenvalue weighted by Gasteiger charge is 2.38. The Kier molecular flexibility index (Phi) is 7.10. The lowest BCUT2D eigenvalue weighted by molar-refractivity contribution is -0.116. The summed E-state index contributed by atoms with van der Waals surface area (Å²) in [6.07, 6.45) is 1.52. The summed E-state index contributed by atoms with van der Waals surface area (Å²) in [7, 11) is 4.30. The number of benzene rings is 1. The number of allylic oxidation sites excluding steroid dienone is 2. The van der Waals surface area contributed by atoms with Crippen LogP contribution in [0.4, 0.5) is 0 Å². The van der Waals surface area contributed by atoms with Gasteiger partial charge in [-0.3, -0.25) is 9.59 Å². The second kappa shape index (κ2) is 9.10. The molecule has 0 aliphatic heterocycles. The van der Waals surface area contributed by atoms with E-state index in [1.165, 1.54) is 33.5 Å². The normalized spacial score (nSPS) is 19.4. The van der Waals surface area contributed by atoms with Gasteiger partial charge in [-0.2, -0.15) is 0 Å². The Bertz CT molecular complexity index is 757. The second-order valence-corrected chi connectivity index (χ2v) is 6.57. The first kappa shape index (κ1) is 21.1. The number of ketones is 2. The third-order valence-electron chi connectivity index (χ3n) is 4.40. The summed E-state index contributed by atoms with van der Waals surface area (Å²) in [6.45, 7) is 2.32. The quantitative estimate of drug-likeness (QED) is 0.531. The van der Waals surface area contributed by atoms with Gasteiger partial charge in [-0.25, -0.2) is 0 Å². The molecule has 0 heterocycles. The number of aromatic hydroxyl groups is 1. The number of ether oxygens (including phenoxy) is 4. The molecule has 0 saturated carbocycles. The Morgan fingerprint density at radius 3 is 2.52 bits per heavy atom. The Morgan fingerprint density at radius 2 is 1.93 bits per heavy atom. The van der Waals surface area contributed by atoms with E-state index in [2.05, 4.69) is 0 Å². The van der Waals surface area contributed by atoms with E-state index in [0.717, 1.165) is 0 Å². The molecule has 1 aliphatic carbocycles. The van der Waals surface area contributed by atoms with Crippen molar-refractivity contribution in [1.82, 2.24) is 0 Å². The number of phenols is 1. The van der Waals surface area contributed by atoms with E-state index in [0.29, 0.717) is 6.61 Å². The average molecular weight is 399 g/mol. The lowest BCUT2D eigenvalue weighted by atomic mass is 9.78. The number of hydrogen-bond donors (Lipinski definition) is 1. The van der Waals surface area contributed by atoms with Crippen LogP contribution in [0.15, 0.2) is 17.9 Å². The van der Waals surface area contributed by atoms with Gasteiger partial charge in [0.15, 0.2) is 17.3 Å². The summed E-state index contributed by atoms with van der Waals surface area (Å²) >= 11 is 6.20. The molecule has 1 aliphatic rings. The Morgan fingerprint density at radius 1 is 1.22 bits per heavy atom. The van der Waals surface area contributed by atoms with Gasteiger partial charge in [-0.1, -0.05) is 18.5 Å². The zero-order valence-electron chi connectivity index (χ0n) is 15.7. The van der Waals surface area contributed by atoms with Crippen molar-refractivity contribution in [2.45, 2.75) is 13.3 Å². The molecule has 0 spiro atoms. The maximum atomic E-state index is 13.2. The number of Topliss-reactive ketones (excluding diaryl/α,β-unsaturated/α-hetero) is 1. The maximum Gasteiger partial charge on any atom is 0.181 e. The number of halogens is 1. The largest absolute Gasteiger partial charge is 0.505 e. The van der Waals surface area contributed by atoms with Crippen LogP contribution in [0, 0.1) is 11.8 Å². The van der Waals surface area contributed by atoms with Crippen LogP contribution in [0.5, 0.6) is 17.2 Å². The first-order valence-corrected chi connectivity index (χ1v) is 8.77. The lowest BCUT2D eigenvalue weighted by Gasteiger charge is -2.28. The number of rotatable bonds is 8. The standard InChI is InChI=1S/C19H23ClO7/c1-10-7-11(21)8-12(25-3)15(10)18(22)16-13(26-4)9-14(17(20)19(16)23)27-6-5-24-2/h8-10,15,23H,5-7H2,1-4H3/t10-,15?/m1/s1. The minimum atomic E-state index is -0.733. The highest BCUT2D eigenvalue weighted by atomic mass is 35.5. The van der Waals surface area contributed by atoms with Gasteiger partial charge in [0, 0.05) is 25.7 Å². The molecule has 0 fully saturated rings. The number of carbonyl (C=O) groups is 2. The fourth-order valence-electron chi connectivity index (χ4n) is 3.09. The first-order valence-electron chi connectivity index (χ1n) is 8.39. The van der Waals surface area contributed by atoms with Crippen LogP contribution in [0.3, 0.4) is 0 Å². The van der Waals surface area contributed by atoms with E-state index >= 15 is 0 Å². The van der Waals surface area contributed by atoms with Gasteiger partial charge in [0.25, 0.3) is 0 Å². The molecule has 1 unspecified atom stereocenters. The Labute approximate surface area is 162 Å². The predicted octanol–water partition coefficient (Wildman–Crippen LogP) is 3.02. The second-order valence-electron chi connectivity index (χ2n) is 6.20. The smallest absolute Gasteiger partial charge is 0.181 e. The summed E-state index contributed by atoms with van der Waals surface area (Å²) in [4.78, 5) is 25.0. The van der Waals surface area contributed by atoms with Gasteiger partial charge >= 0.3 is 0 Å². The van der Waals surface area contributed by atoms with Crippen LogP contribution in [0.2, 0.25) is 5.02 Å². The van der Waals surface area contributed by atoms with Gasteiger partial charge in [0.05, 0.1) is 26.7 Å². The number of carbonyl (C=O) groups excluding carboxylic acids is 2. The minimum Gasteiger partial charge on any atom is -0.505 e. The van der Waals surface area contributed by atoms with Crippen molar-refractivity contribution in [2.24, 2.45) is 11.8 Å². The van der Waals surface area contributed by atoms with E-state index in [9.17, 15) is 14.7 Å². The summed E-state index contributed by atoms with van der Waals surface area (Å²) in [5.74, 6) is -1.48. The average Bonchev–Trinajstić information content (AvgIpc) is 2.63. The molecule has 1 N–H and O–H groups in total. The molecule has 2 atom stereocenters. The zero-order valence-corrected chi connectivity index (χ0v) is 16.5. The maximum absolute atomic E-state index is 13.2. The number of methoxy groups -OCH3 is 3. The molecule has 2 rings (SSSR count). The van der Waals surface area contributed by atoms with Crippen LogP contribution in [0.1, 0.15) is 23.7 Å². The van der Waals surface area contributed by atoms with E-state index in [-0.39, 0.29) is 52.6 Å². The topological polar surface area (TPSA) is 91.3 Å². The Hall–Kier alpha value is -2.25. The summed E-state index contributed by atoms with van der Waals surface area (Å²) < 4.78 is 20.9. The van der Waals surface area contributed by atoms with Gasteiger partial charge < -0.3 is 24.1 Å². The highest BCUT2D eigenvalue weighted by Crippen LogP contribution is 2.45. The molecule has 0 saturated heterocycles. The van der Waals surface area contributed by atoms with Gasteiger partial charge in [-0.15, -0.1) is 0 Å². The SMILES string of the molecule is COCCOc1cc(OC)c(C(=O)C2C(OC)=CC(=O)C[C@H]2C)c(O)c1Cl. The van der Waals surface area contributed by atoms with Crippen molar-refractivity contribution < 1.29 is 33.6 Å². The molecule has 27 heavy (non-hydrogen) atoms. The fraction of sp³-hybridized carbons (Fsp3) is 0.474. The van der Waals surface area contributed by atoms with Crippen molar-refractivity contribution in [3.8, 4) is 17.2 Å². The third-order valence-corrected chi connectivity index (χ3v) is 4.77. The van der Waals surface area contributed by atoms with E-state index in [4.69, 9.17) is 30.5 Å². The number of hydrogen-bond acceptors (Lipinski definition) is 7. The fourth-order valence-corrected chi connectivity index (χ4v) is 3.29.